The van der Waals surface area contributed by atoms with Gasteiger partial charge in [0.2, 0.25) is 6.79 Å². The zero-order valence-electron chi connectivity index (χ0n) is 16.6. The maximum absolute atomic E-state index is 12.6. The number of nitrogens with zero attached hydrogens (tertiary/aromatic N) is 1. The van der Waals surface area contributed by atoms with E-state index in [0.29, 0.717) is 17.7 Å². The molecule has 3 aromatic rings. The average Bonchev–Trinajstić information content (AvgIpc) is 3.22. The summed E-state index contributed by atoms with van der Waals surface area (Å²) in [7, 11) is 3.25. The molecule has 154 valence electrons. The van der Waals surface area contributed by atoms with Gasteiger partial charge < -0.3 is 14.8 Å². The number of nitrogens with one attached hydrogen (secondary N) is 2. The molecule has 0 aromatic heterocycles. The van der Waals surface area contributed by atoms with Crippen LogP contribution in [0.15, 0.2) is 48.5 Å². The number of carbonyl (C=O) groups is 2. The summed E-state index contributed by atoms with van der Waals surface area (Å²) < 4.78 is 13.2. The van der Waals surface area contributed by atoms with Crippen LogP contribution in [0.1, 0.15) is 26.3 Å². The van der Waals surface area contributed by atoms with Gasteiger partial charge in [0.25, 0.3) is 11.8 Å². The lowest BCUT2D eigenvalue weighted by molar-refractivity contribution is 0.0650. The van der Waals surface area contributed by atoms with E-state index in [2.05, 4.69) is 22.9 Å². The summed E-state index contributed by atoms with van der Waals surface area (Å²) in [6, 6.07) is 15.1. The molecule has 3 aromatic carbocycles. The Morgan fingerprint density at radius 2 is 1.73 bits per heavy atom. The minimum atomic E-state index is -0.282. The molecule has 2 N–H and O–H groups in total. The molecule has 7 nitrogen and oxygen atoms in total. The topological polar surface area (TPSA) is 79.9 Å². The summed E-state index contributed by atoms with van der Waals surface area (Å²) in [6.45, 7) is 0.821. The van der Waals surface area contributed by atoms with Gasteiger partial charge in [-0.15, -0.1) is 0 Å². The summed E-state index contributed by atoms with van der Waals surface area (Å²) in [6.07, 6.45) is 0. The van der Waals surface area contributed by atoms with Crippen LogP contribution in [0, 0.1) is 0 Å². The van der Waals surface area contributed by atoms with Crippen molar-refractivity contribution in [2.45, 2.75) is 6.54 Å². The van der Waals surface area contributed by atoms with Gasteiger partial charge in [-0.25, -0.2) is 0 Å². The average molecular weight is 423 g/mol. The first-order chi connectivity index (χ1) is 14.5. The number of hydrogen-bond acceptors (Lipinski definition) is 7. The number of rotatable bonds is 3. The number of amides is 2. The molecule has 8 heteroatoms. The predicted molar refractivity (Wildman–Crippen MR) is 118 cm³/mol. The summed E-state index contributed by atoms with van der Waals surface area (Å²) in [5.41, 5.74) is 2.97. The molecule has 0 aliphatic carbocycles. The molecule has 2 aliphatic heterocycles. The van der Waals surface area contributed by atoms with Gasteiger partial charge in [0, 0.05) is 30.2 Å². The predicted octanol–water partition coefficient (Wildman–Crippen LogP) is 3.46. The van der Waals surface area contributed by atoms with Crippen molar-refractivity contribution in [3.8, 4) is 11.5 Å². The highest BCUT2D eigenvalue weighted by molar-refractivity contribution is 7.78. The van der Waals surface area contributed by atoms with Gasteiger partial charge in [0.05, 0.1) is 5.56 Å². The lowest BCUT2D eigenvalue weighted by Crippen LogP contribution is -2.36. The van der Waals surface area contributed by atoms with Crippen LogP contribution in [-0.2, 0) is 6.54 Å². The standard InChI is InChI=1S/C21H16N2O4.CH5NS/c1-23-20(24)15-4-2-3-13-8-14(9-16(19(13)15)21(23)25)22-10-12-5-6-17-18(7-12)27-11-26-17;1-2-3/h2-9,22H,10-11H2,1H3;2-3H,1H3. The Hall–Kier alpha value is -3.23. The van der Waals surface area contributed by atoms with Crippen molar-refractivity contribution < 1.29 is 19.1 Å². The molecule has 0 atom stereocenters. The number of benzene rings is 3. The van der Waals surface area contributed by atoms with Crippen molar-refractivity contribution in [2.75, 3.05) is 26.2 Å². The molecule has 0 fully saturated rings. The van der Waals surface area contributed by atoms with Crippen LogP contribution in [0.25, 0.3) is 10.8 Å². The van der Waals surface area contributed by atoms with Crippen molar-refractivity contribution in [3.63, 3.8) is 0 Å². The Morgan fingerprint density at radius 3 is 2.53 bits per heavy atom. The van der Waals surface area contributed by atoms with Gasteiger partial charge in [0.15, 0.2) is 11.5 Å². The normalized spacial score (nSPS) is 13.9. The molecule has 5 rings (SSSR count). The first-order valence-corrected chi connectivity index (χ1v) is 9.80. The van der Waals surface area contributed by atoms with Crippen molar-refractivity contribution >= 4 is 41.1 Å². The van der Waals surface area contributed by atoms with E-state index in [-0.39, 0.29) is 18.6 Å². The van der Waals surface area contributed by atoms with Crippen molar-refractivity contribution in [1.29, 1.82) is 0 Å². The number of anilines is 1. The molecule has 0 radical (unpaired) electrons. The molecule has 0 saturated carbocycles. The monoisotopic (exact) mass is 423 g/mol. The molecule has 0 bridgehead atoms. The Bertz CT molecular complexity index is 1150. The highest BCUT2D eigenvalue weighted by Crippen LogP contribution is 2.34. The Kier molecular flexibility index (Phi) is 5.52. The fraction of sp³-hybridized carbons (Fsp3) is 0.182. The van der Waals surface area contributed by atoms with Crippen LogP contribution in [0.5, 0.6) is 11.5 Å². The minimum absolute atomic E-state index is 0.247. The summed E-state index contributed by atoms with van der Waals surface area (Å²) in [5, 5.41) is 4.95. The number of carbonyl (C=O) groups excluding carboxylic acids is 2. The Balaban J connectivity index is 0.000000687. The highest BCUT2D eigenvalue weighted by atomic mass is 32.1. The van der Waals surface area contributed by atoms with E-state index in [1.54, 1.807) is 13.1 Å². The van der Waals surface area contributed by atoms with Gasteiger partial charge >= 0.3 is 0 Å². The zero-order chi connectivity index (χ0) is 21.3. The fourth-order valence-corrected chi connectivity index (χ4v) is 3.59. The van der Waals surface area contributed by atoms with Crippen LogP contribution >= 0.6 is 12.8 Å². The summed E-state index contributed by atoms with van der Waals surface area (Å²) in [4.78, 5) is 26.1. The molecule has 2 aliphatic rings. The smallest absolute Gasteiger partial charge is 0.261 e. The van der Waals surface area contributed by atoms with Gasteiger partial charge in [-0.2, -0.15) is 0 Å². The van der Waals surface area contributed by atoms with Crippen molar-refractivity contribution in [2.24, 2.45) is 0 Å². The molecular formula is C22H21N3O4S. The second-order valence-corrected chi connectivity index (χ2v) is 7.31. The molecule has 30 heavy (non-hydrogen) atoms. The minimum Gasteiger partial charge on any atom is -0.454 e. The van der Waals surface area contributed by atoms with Crippen LogP contribution in [0.3, 0.4) is 0 Å². The lowest BCUT2D eigenvalue weighted by atomic mass is 9.93. The van der Waals surface area contributed by atoms with Crippen molar-refractivity contribution in [1.82, 2.24) is 9.62 Å². The molecule has 2 amide bonds. The van der Waals surface area contributed by atoms with Gasteiger partial charge in [0.1, 0.15) is 0 Å². The highest BCUT2D eigenvalue weighted by Gasteiger charge is 2.30. The van der Waals surface area contributed by atoms with Crippen molar-refractivity contribution in [3.05, 3.63) is 65.2 Å². The van der Waals surface area contributed by atoms with E-state index < -0.39 is 0 Å². The molecular weight excluding hydrogens is 402 g/mol. The Labute approximate surface area is 179 Å². The van der Waals surface area contributed by atoms with E-state index in [4.69, 9.17) is 9.47 Å². The second-order valence-electron chi connectivity index (χ2n) is 6.86. The third kappa shape index (κ3) is 3.55. The van der Waals surface area contributed by atoms with Crippen LogP contribution in [0.4, 0.5) is 5.69 Å². The number of imide groups is 1. The zero-order valence-corrected chi connectivity index (χ0v) is 17.5. The lowest BCUT2D eigenvalue weighted by Gasteiger charge is -2.24. The number of ether oxygens (including phenoxy) is 2. The quantitative estimate of drug-likeness (QED) is 0.442. The second kappa shape index (κ2) is 8.25. The van der Waals surface area contributed by atoms with Gasteiger partial charge in [-0.1, -0.05) is 31.0 Å². The summed E-state index contributed by atoms with van der Waals surface area (Å²) >= 11 is 3.54. The third-order valence-corrected chi connectivity index (χ3v) is 4.98. The maximum atomic E-state index is 12.6. The van der Waals surface area contributed by atoms with Gasteiger partial charge in [-0.3, -0.25) is 19.2 Å². The Morgan fingerprint density at radius 1 is 1.00 bits per heavy atom. The number of hydrogen-bond donors (Lipinski definition) is 3. The molecule has 2 heterocycles. The van der Waals surface area contributed by atoms with E-state index in [1.807, 2.05) is 42.5 Å². The van der Waals surface area contributed by atoms with E-state index >= 15 is 0 Å². The first kappa shape index (κ1) is 20.1. The maximum Gasteiger partial charge on any atom is 0.261 e. The largest absolute Gasteiger partial charge is 0.454 e. The third-order valence-electron chi connectivity index (χ3n) is 4.98. The molecule has 0 spiro atoms. The number of thiol groups is 1. The first-order valence-electron chi connectivity index (χ1n) is 9.36. The van der Waals surface area contributed by atoms with Crippen LogP contribution in [-0.4, -0.2) is 37.6 Å². The van der Waals surface area contributed by atoms with E-state index in [1.165, 1.54) is 11.9 Å². The van der Waals surface area contributed by atoms with Crippen LogP contribution < -0.4 is 19.5 Å². The van der Waals surface area contributed by atoms with Crippen LogP contribution in [0.2, 0.25) is 0 Å². The fourth-order valence-electron chi connectivity index (χ4n) is 3.59. The molecule has 0 unspecified atom stereocenters. The van der Waals surface area contributed by atoms with E-state index in [9.17, 15) is 9.59 Å². The van der Waals surface area contributed by atoms with E-state index in [0.717, 1.165) is 33.5 Å². The molecule has 0 saturated heterocycles. The van der Waals surface area contributed by atoms with Gasteiger partial charge in [-0.05, 0) is 48.3 Å². The number of fused-ring (bicyclic) bond motifs is 1. The summed E-state index contributed by atoms with van der Waals surface area (Å²) in [5.74, 6) is 0.942. The SMILES string of the molecule is CN1C(=O)c2cccc3cc(NCc4ccc5c(c4)OCO5)cc(c23)C1=O.CNS.